The van der Waals surface area contributed by atoms with Gasteiger partial charge in [0, 0.05) is 6.20 Å². The average Bonchev–Trinajstić information content (AvgIpc) is 2.20. The zero-order valence-corrected chi connectivity index (χ0v) is 8.10. The summed E-state index contributed by atoms with van der Waals surface area (Å²) in [4.78, 5) is 4.02. The standard InChI is InChI=1S/C9H13N3O2/c1-9(2,12-14)8(11-13)7-5-3-4-6-10-7/h3-6,12-14H,1-2H3. The van der Waals surface area contributed by atoms with Gasteiger partial charge in [-0.15, -0.1) is 0 Å². The van der Waals surface area contributed by atoms with Crippen molar-refractivity contribution in [3.63, 3.8) is 0 Å². The van der Waals surface area contributed by atoms with Crippen LogP contribution < -0.4 is 5.48 Å². The molecule has 0 fully saturated rings. The van der Waals surface area contributed by atoms with E-state index in [1.807, 2.05) is 0 Å². The van der Waals surface area contributed by atoms with E-state index >= 15 is 0 Å². The van der Waals surface area contributed by atoms with E-state index in [2.05, 4.69) is 15.6 Å². The molecule has 1 heterocycles. The van der Waals surface area contributed by atoms with Crippen molar-refractivity contribution < 1.29 is 10.4 Å². The SMILES string of the molecule is CC(C)(NO)C(=NO)c1ccccn1. The van der Waals surface area contributed by atoms with Crippen LogP contribution in [0.1, 0.15) is 19.5 Å². The van der Waals surface area contributed by atoms with E-state index in [9.17, 15) is 0 Å². The highest BCUT2D eigenvalue weighted by atomic mass is 16.5. The van der Waals surface area contributed by atoms with Crippen LogP contribution in [-0.4, -0.2) is 26.6 Å². The summed E-state index contributed by atoms with van der Waals surface area (Å²) in [5, 5.41) is 20.9. The minimum Gasteiger partial charge on any atom is -0.411 e. The number of nitrogens with zero attached hydrogens (tertiary/aromatic N) is 2. The first-order valence-corrected chi connectivity index (χ1v) is 4.17. The molecule has 1 aromatic heterocycles. The van der Waals surface area contributed by atoms with Crippen LogP contribution in [0.2, 0.25) is 0 Å². The topological polar surface area (TPSA) is 77.7 Å². The molecule has 76 valence electrons. The molecular formula is C9H13N3O2. The smallest absolute Gasteiger partial charge is 0.127 e. The van der Waals surface area contributed by atoms with E-state index < -0.39 is 5.54 Å². The molecule has 0 atom stereocenters. The van der Waals surface area contributed by atoms with Crippen LogP contribution in [0.25, 0.3) is 0 Å². The molecule has 5 heteroatoms. The fraction of sp³-hybridized carbons (Fsp3) is 0.333. The van der Waals surface area contributed by atoms with Crippen molar-refractivity contribution in [1.82, 2.24) is 10.5 Å². The van der Waals surface area contributed by atoms with Gasteiger partial charge in [0.15, 0.2) is 0 Å². The maximum absolute atomic E-state index is 8.89. The molecule has 0 aromatic carbocycles. The third-order valence-electron chi connectivity index (χ3n) is 1.88. The molecule has 0 saturated carbocycles. The second kappa shape index (κ2) is 4.17. The molecule has 5 nitrogen and oxygen atoms in total. The Balaban J connectivity index is 3.07. The van der Waals surface area contributed by atoms with E-state index in [-0.39, 0.29) is 5.71 Å². The van der Waals surface area contributed by atoms with Gasteiger partial charge in [0.25, 0.3) is 0 Å². The summed E-state index contributed by atoms with van der Waals surface area (Å²) >= 11 is 0. The minimum absolute atomic E-state index is 0.278. The number of hydroxylamine groups is 1. The molecular weight excluding hydrogens is 182 g/mol. The lowest BCUT2D eigenvalue weighted by atomic mass is 9.96. The van der Waals surface area contributed by atoms with Gasteiger partial charge in [0.05, 0.1) is 11.2 Å². The zero-order valence-electron chi connectivity index (χ0n) is 8.10. The monoisotopic (exact) mass is 195 g/mol. The Morgan fingerprint density at radius 1 is 1.50 bits per heavy atom. The zero-order chi connectivity index (χ0) is 10.6. The van der Waals surface area contributed by atoms with Crippen LogP contribution >= 0.6 is 0 Å². The van der Waals surface area contributed by atoms with E-state index in [4.69, 9.17) is 10.4 Å². The predicted octanol–water partition coefficient (Wildman–Crippen LogP) is 1.02. The van der Waals surface area contributed by atoms with Crippen LogP contribution in [0.4, 0.5) is 0 Å². The van der Waals surface area contributed by atoms with Gasteiger partial charge in [-0.05, 0) is 26.0 Å². The fourth-order valence-electron chi connectivity index (χ4n) is 1.05. The number of pyridine rings is 1. The summed E-state index contributed by atoms with van der Waals surface area (Å²) in [6, 6.07) is 5.24. The number of aromatic nitrogens is 1. The van der Waals surface area contributed by atoms with Crippen molar-refractivity contribution in [2.75, 3.05) is 0 Å². The number of rotatable bonds is 3. The molecule has 3 N–H and O–H groups in total. The summed E-state index contributed by atoms with van der Waals surface area (Å²) in [5.41, 5.74) is 2.01. The Morgan fingerprint density at radius 2 is 2.21 bits per heavy atom. The van der Waals surface area contributed by atoms with Crippen molar-refractivity contribution in [3.8, 4) is 0 Å². The largest absolute Gasteiger partial charge is 0.411 e. The predicted molar refractivity (Wildman–Crippen MR) is 51.6 cm³/mol. The second-order valence-electron chi connectivity index (χ2n) is 3.40. The van der Waals surface area contributed by atoms with Gasteiger partial charge in [-0.3, -0.25) is 4.98 Å². The van der Waals surface area contributed by atoms with Crippen LogP contribution in [0.3, 0.4) is 0 Å². The molecule has 0 aliphatic heterocycles. The molecule has 14 heavy (non-hydrogen) atoms. The molecule has 0 unspecified atom stereocenters. The lowest BCUT2D eigenvalue weighted by Gasteiger charge is -2.22. The van der Waals surface area contributed by atoms with Crippen LogP contribution in [0, 0.1) is 0 Å². The van der Waals surface area contributed by atoms with Crippen molar-refractivity contribution in [3.05, 3.63) is 30.1 Å². The number of oxime groups is 1. The van der Waals surface area contributed by atoms with Gasteiger partial charge in [-0.1, -0.05) is 11.2 Å². The van der Waals surface area contributed by atoms with Crippen molar-refractivity contribution >= 4 is 5.71 Å². The van der Waals surface area contributed by atoms with Crippen molar-refractivity contribution in [2.24, 2.45) is 5.16 Å². The third-order valence-corrected chi connectivity index (χ3v) is 1.88. The molecule has 0 aliphatic rings. The molecule has 0 amide bonds. The first-order valence-electron chi connectivity index (χ1n) is 4.17. The van der Waals surface area contributed by atoms with Gasteiger partial charge in [0.2, 0.25) is 0 Å². The third kappa shape index (κ3) is 2.07. The summed E-state index contributed by atoms with van der Waals surface area (Å²) in [7, 11) is 0. The Hall–Kier alpha value is -1.46. The van der Waals surface area contributed by atoms with Gasteiger partial charge < -0.3 is 10.4 Å². The van der Waals surface area contributed by atoms with Crippen molar-refractivity contribution in [2.45, 2.75) is 19.4 Å². The molecule has 0 bridgehead atoms. The second-order valence-corrected chi connectivity index (χ2v) is 3.40. The normalized spacial score (nSPS) is 12.9. The Morgan fingerprint density at radius 3 is 2.64 bits per heavy atom. The highest BCUT2D eigenvalue weighted by molar-refractivity contribution is 6.04. The molecule has 0 aliphatic carbocycles. The van der Waals surface area contributed by atoms with Gasteiger partial charge >= 0.3 is 0 Å². The number of nitrogens with one attached hydrogen (secondary N) is 1. The fourth-order valence-corrected chi connectivity index (χ4v) is 1.05. The Bertz CT molecular complexity index is 322. The van der Waals surface area contributed by atoms with Crippen LogP contribution in [-0.2, 0) is 0 Å². The van der Waals surface area contributed by atoms with E-state index in [1.54, 1.807) is 38.2 Å². The van der Waals surface area contributed by atoms with Crippen LogP contribution in [0.5, 0.6) is 0 Å². The average molecular weight is 195 g/mol. The van der Waals surface area contributed by atoms with Gasteiger partial charge in [-0.25, -0.2) is 0 Å². The molecule has 1 aromatic rings. The highest BCUT2D eigenvalue weighted by Crippen LogP contribution is 2.11. The summed E-state index contributed by atoms with van der Waals surface area (Å²) < 4.78 is 0. The first kappa shape index (κ1) is 10.6. The lowest BCUT2D eigenvalue weighted by Crippen LogP contribution is -2.45. The Labute approximate surface area is 82.1 Å². The molecule has 1 rings (SSSR count). The molecule has 0 spiro atoms. The minimum atomic E-state index is -0.844. The quantitative estimate of drug-likeness (QED) is 0.382. The number of hydrogen-bond donors (Lipinski definition) is 3. The van der Waals surface area contributed by atoms with Crippen LogP contribution in [0.15, 0.2) is 29.6 Å². The van der Waals surface area contributed by atoms with E-state index in [0.29, 0.717) is 5.69 Å². The van der Waals surface area contributed by atoms with Gasteiger partial charge in [0.1, 0.15) is 5.71 Å². The summed E-state index contributed by atoms with van der Waals surface area (Å²) in [6.45, 7) is 3.35. The lowest BCUT2D eigenvalue weighted by molar-refractivity contribution is 0.113. The van der Waals surface area contributed by atoms with Crippen molar-refractivity contribution in [1.29, 1.82) is 0 Å². The van der Waals surface area contributed by atoms with E-state index in [1.165, 1.54) is 0 Å². The number of hydrogen-bond acceptors (Lipinski definition) is 5. The highest BCUT2D eigenvalue weighted by Gasteiger charge is 2.27. The maximum Gasteiger partial charge on any atom is 0.127 e. The Kier molecular flexibility index (Phi) is 3.16. The van der Waals surface area contributed by atoms with E-state index in [0.717, 1.165) is 0 Å². The van der Waals surface area contributed by atoms with Gasteiger partial charge in [-0.2, -0.15) is 5.48 Å². The first-order chi connectivity index (χ1) is 6.61. The molecule has 0 saturated heterocycles. The summed E-state index contributed by atoms with van der Waals surface area (Å²) in [6.07, 6.45) is 1.59. The summed E-state index contributed by atoms with van der Waals surface area (Å²) in [5.74, 6) is 0. The maximum atomic E-state index is 8.89. The molecule has 0 radical (unpaired) electrons.